The highest BCUT2D eigenvalue weighted by atomic mass is 16.4. The zero-order valence-electron chi connectivity index (χ0n) is 14.5. The number of carbonyl (C=O) groups excluding carboxylic acids is 1. The Hall–Kier alpha value is -2.43. The van der Waals surface area contributed by atoms with Crippen molar-refractivity contribution in [2.45, 2.75) is 40.0 Å². The molecule has 0 bridgehead atoms. The van der Waals surface area contributed by atoms with Gasteiger partial charge in [0.05, 0.1) is 0 Å². The normalized spacial score (nSPS) is 10.8. The largest absolute Gasteiger partial charge is 0.427 e. The van der Waals surface area contributed by atoms with E-state index in [1.165, 1.54) is 0 Å². The van der Waals surface area contributed by atoms with Gasteiger partial charge in [-0.25, -0.2) is 4.79 Å². The molecular formula is C19H24N2O3. The standard InChI is InChI=1S/C19H24N2O3/c1-13(2)7-8-16-12-14(3)17(19(23)24-16)18(22)21-11-9-15-6-4-5-10-20-15/h4-6,10,12-13H,7-9,11H2,1-3H3,(H,21,22). The van der Waals surface area contributed by atoms with Crippen LogP contribution in [0.5, 0.6) is 0 Å². The first-order chi connectivity index (χ1) is 11.5. The minimum atomic E-state index is -0.566. The predicted molar refractivity (Wildman–Crippen MR) is 93.1 cm³/mol. The van der Waals surface area contributed by atoms with E-state index in [0.29, 0.717) is 36.6 Å². The molecule has 0 atom stereocenters. The van der Waals surface area contributed by atoms with Crippen molar-refractivity contribution in [2.24, 2.45) is 5.92 Å². The highest BCUT2D eigenvalue weighted by Crippen LogP contribution is 2.11. The number of rotatable bonds is 7. The molecule has 5 nitrogen and oxygen atoms in total. The molecule has 0 aliphatic carbocycles. The first-order valence-electron chi connectivity index (χ1n) is 8.29. The summed E-state index contributed by atoms with van der Waals surface area (Å²) in [5.41, 5.74) is 1.07. The number of aryl methyl sites for hydroxylation is 2. The molecular weight excluding hydrogens is 304 g/mol. The van der Waals surface area contributed by atoms with Crippen LogP contribution < -0.4 is 10.9 Å². The average Bonchev–Trinajstić information content (AvgIpc) is 2.53. The lowest BCUT2D eigenvalue weighted by Gasteiger charge is -2.09. The van der Waals surface area contributed by atoms with Gasteiger partial charge in [0.2, 0.25) is 0 Å². The molecule has 0 aliphatic heterocycles. The molecule has 128 valence electrons. The van der Waals surface area contributed by atoms with E-state index >= 15 is 0 Å². The van der Waals surface area contributed by atoms with Gasteiger partial charge in [-0.2, -0.15) is 0 Å². The summed E-state index contributed by atoms with van der Waals surface area (Å²) in [5.74, 6) is 0.772. The summed E-state index contributed by atoms with van der Waals surface area (Å²) in [4.78, 5) is 28.6. The zero-order chi connectivity index (χ0) is 17.5. The van der Waals surface area contributed by atoms with Crippen molar-refractivity contribution < 1.29 is 9.21 Å². The van der Waals surface area contributed by atoms with Gasteiger partial charge in [-0.3, -0.25) is 9.78 Å². The summed E-state index contributed by atoms with van der Waals surface area (Å²) in [7, 11) is 0. The van der Waals surface area contributed by atoms with Gasteiger partial charge in [-0.1, -0.05) is 19.9 Å². The number of carbonyl (C=O) groups is 1. The van der Waals surface area contributed by atoms with E-state index in [-0.39, 0.29) is 5.56 Å². The Morgan fingerprint density at radius 3 is 2.71 bits per heavy atom. The van der Waals surface area contributed by atoms with Crippen LogP contribution in [0, 0.1) is 12.8 Å². The van der Waals surface area contributed by atoms with E-state index in [4.69, 9.17) is 4.42 Å². The molecule has 2 aromatic heterocycles. The highest BCUT2D eigenvalue weighted by molar-refractivity contribution is 5.95. The molecule has 0 aliphatic rings. The SMILES string of the molecule is Cc1cc(CCC(C)C)oc(=O)c1C(=O)NCCc1ccccn1. The Kier molecular flexibility index (Phi) is 6.29. The first kappa shape index (κ1) is 17.9. The van der Waals surface area contributed by atoms with Crippen LogP contribution in [-0.4, -0.2) is 17.4 Å². The van der Waals surface area contributed by atoms with Crippen molar-refractivity contribution >= 4 is 5.91 Å². The lowest BCUT2D eigenvalue weighted by molar-refractivity contribution is 0.0949. The third-order valence-electron chi connectivity index (χ3n) is 3.79. The lowest BCUT2D eigenvalue weighted by atomic mass is 10.0. The molecule has 2 heterocycles. The molecule has 0 saturated carbocycles. The minimum absolute atomic E-state index is 0.0873. The number of nitrogens with one attached hydrogen (secondary N) is 1. The van der Waals surface area contributed by atoms with E-state index < -0.39 is 11.5 Å². The summed E-state index contributed by atoms with van der Waals surface area (Å²) in [5, 5.41) is 2.76. The second-order valence-corrected chi connectivity index (χ2v) is 6.32. The summed E-state index contributed by atoms with van der Waals surface area (Å²) in [6.45, 7) is 6.43. The number of hydrogen-bond acceptors (Lipinski definition) is 4. The number of aromatic nitrogens is 1. The van der Waals surface area contributed by atoms with Crippen molar-refractivity contribution in [1.82, 2.24) is 10.3 Å². The molecule has 2 rings (SSSR count). The smallest absolute Gasteiger partial charge is 0.349 e. The average molecular weight is 328 g/mol. The number of pyridine rings is 1. The summed E-state index contributed by atoms with van der Waals surface area (Å²) < 4.78 is 5.30. The van der Waals surface area contributed by atoms with Gasteiger partial charge in [0, 0.05) is 31.3 Å². The van der Waals surface area contributed by atoms with Crippen LogP contribution in [0.1, 0.15) is 47.6 Å². The molecule has 2 aromatic rings. The van der Waals surface area contributed by atoms with Crippen LogP contribution >= 0.6 is 0 Å². The third kappa shape index (κ3) is 5.05. The van der Waals surface area contributed by atoms with Crippen LogP contribution in [0.15, 0.2) is 39.7 Å². The fourth-order valence-electron chi connectivity index (χ4n) is 2.44. The van der Waals surface area contributed by atoms with E-state index in [1.54, 1.807) is 19.2 Å². The fraction of sp³-hybridized carbons (Fsp3) is 0.421. The van der Waals surface area contributed by atoms with Crippen molar-refractivity contribution in [3.63, 3.8) is 0 Å². The van der Waals surface area contributed by atoms with Gasteiger partial charge in [0.1, 0.15) is 11.3 Å². The Bertz CT molecular complexity index is 736. The molecule has 1 amide bonds. The molecule has 0 saturated heterocycles. The van der Waals surface area contributed by atoms with Crippen LogP contribution in [-0.2, 0) is 12.8 Å². The van der Waals surface area contributed by atoms with Crippen LogP contribution in [0.4, 0.5) is 0 Å². The van der Waals surface area contributed by atoms with Crippen LogP contribution in [0.2, 0.25) is 0 Å². The molecule has 0 fully saturated rings. The molecule has 0 aromatic carbocycles. The van der Waals surface area contributed by atoms with Gasteiger partial charge in [-0.05, 0) is 43.0 Å². The first-order valence-corrected chi connectivity index (χ1v) is 8.29. The molecule has 0 spiro atoms. The minimum Gasteiger partial charge on any atom is -0.427 e. The Labute approximate surface area is 142 Å². The van der Waals surface area contributed by atoms with Gasteiger partial charge in [0.15, 0.2) is 0 Å². The topological polar surface area (TPSA) is 72.2 Å². The Morgan fingerprint density at radius 1 is 1.29 bits per heavy atom. The van der Waals surface area contributed by atoms with Gasteiger partial charge in [-0.15, -0.1) is 0 Å². The second-order valence-electron chi connectivity index (χ2n) is 6.32. The van der Waals surface area contributed by atoms with Crippen molar-refractivity contribution in [2.75, 3.05) is 6.54 Å². The van der Waals surface area contributed by atoms with Crippen molar-refractivity contribution in [3.05, 3.63) is 63.5 Å². The molecule has 0 unspecified atom stereocenters. The number of amides is 1. The fourth-order valence-corrected chi connectivity index (χ4v) is 2.44. The quantitative estimate of drug-likeness (QED) is 0.848. The van der Waals surface area contributed by atoms with Crippen molar-refractivity contribution in [1.29, 1.82) is 0 Å². The number of hydrogen-bond donors (Lipinski definition) is 1. The maximum atomic E-state index is 12.3. The van der Waals surface area contributed by atoms with E-state index in [2.05, 4.69) is 24.1 Å². The molecule has 24 heavy (non-hydrogen) atoms. The third-order valence-corrected chi connectivity index (χ3v) is 3.79. The maximum absolute atomic E-state index is 12.3. The van der Waals surface area contributed by atoms with Gasteiger partial charge < -0.3 is 9.73 Å². The van der Waals surface area contributed by atoms with Crippen LogP contribution in [0.25, 0.3) is 0 Å². The molecule has 0 radical (unpaired) electrons. The van der Waals surface area contributed by atoms with Gasteiger partial charge >= 0.3 is 5.63 Å². The zero-order valence-corrected chi connectivity index (χ0v) is 14.5. The second kappa shape index (κ2) is 8.43. The van der Waals surface area contributed by atoms with Crippen molar-refractivity contribution in [3.8, 4) is 0 Å². The van der Waals surface area contributed by atoms with Gasteiger partial charge in [0.25, 0.3) is 5.91 Å². The summed E-state index contributed by atoms with van der Waals surface area (Å²) in [6, 6.07) is 7.43. The molecule has 5 heteroatoms. The molecule has 1 N–H and O–H groups in total. The van der Waals surface area contributed by atoms with E-state index in [9.17, 15) is 9.59 Å². The Balaban J connectivity index is 2.00. The highest BCUT2D eigenvalue weighted by Gasteiger charge is 2.16. The predicted octanol–water partition coefficient (Wildman–Crippen LogP) is 2.90. The summed E-state index contributed by atoms with van der Waals surface area (Å²) in [6.07, 6.45) is 3.97. The van der Waals surface area contributed by atoms with Crippen LogP contribution in [0.3, 0.4) is 0 Å². The van der Waals surface area contributed by atoms with E-state index in [0.717, 1.165) is 12.1 Å². The number of nitrogens with zero attached hydrogens (tertiary/aromatic N) is 1. The Morgan fingerprint density at radius 2 is 2.08 bits per heavy atom. The summed E-state index contributed by atoms with van der Waals surface area (Å²) >= 11 is 0. The van der Waals surface area contributed by atoms with E-state index in [1.807, 2.05) is 18.2 Å². The maximum Gasteiger partial charge on any atom is 0.349 e. The monoisotopic (exact) mass is 328 g/mol. The lowest BCUT2D eigenvalue weighted by Crippen LogP contribution is -2.31.